The predicted octanol–water partition coefficient (Wildman–Crippen LogP) is 2.44. The molecule has 2 unspecified atom stereocenters. The van der Waals surface area contributed by atoms with Crippen LogP contribution in [0.25, 0.3) is 0 Å². The lowest BCUT2D eigenvalue weighted by Crippen LogP contribution is -2.20. The van der Waals surface area contributed by atoms with Gasteiger partial charge < -0.3 is 4.74 Å². The third-order valence-corrected chi connectivity index (χ3v) is 2.09. The highest BCUT2D eigenvalue weighted by Crippen LogP contribution is 2.16. The second-order valence-corrected chi connectivity index (χ2v) is 3.78. The molecule has 76 valence electrons. The molecule has 0 aliphatic heterocycles. The van der Waals surface area contributed by atoms with Crippen molar-refractivity contribution >= 4 is 6.29 Å². The molecule has 0 aromatic heterocycles. The Hall–Kier alpha value is -0.630. The zero-order valence-electron chi connectivity index (χ0n) is 8.99. The zero-order chi connectivity index (χ0) is 10.3. The normalized spacial score (nSPS) is 16.4. The minimum Gasteiger partial charge on any atom is -0.381 e. The summed E-state index contributed by atoms with van der Waals surface area (Å²) in [5, 5.41) is 0. The molecule has 0 saturated carbocycles. The fraction of sp³-hybridized carbons (Fsp3) is 0.727. The molecule has 2 heteroatoms. The summed E-state index contributed by atoms with van der Waals surface area (Å²) in [5.74, 6) is 0.926. The van der Waals surface area contributed by atoms with Gasteiger partial charge in [0.15, 0.2) is 0 Å². The van der Waals surface area contributed by atoms with Gasteiger partial charge in [0, 0.05) is 13.0 Å². The van der Waals surface area contributed by atoms with Crippen LogP contribution in [0, 0.1) is 11.8 Å². The van der Waals surface area contributed by atoms with Gasteiger partial charge in [-0.25, -0.2) is 0 Å². The first-order chi connectivity index (χ1) is 6.11. The Morgan fingerprint density at radius 1 is 1.31 bits per heavy atom. The summed E-state index contributed by atoms with van der Waals surface area (Å²) in [6, 6.07) is 0. The first kappa shape index (κ1) is 12.4. The molecule has 0 aromatic rings. The average molecular weight is 184 g/mol. The molecule has 0 aliphatic rings. The number of ether oxygens (including phenoxy) is 1. The van der Waals surface area contributed by atoms with Crippen LogP contribution in [0.2, 0.25) is 0 Å². The van der Waals surface area contributed by atoms with Crippen LogP contribution >= 0.6 is 0 Å². The second-order valence-electron chi connectivity index (χ2n) is 3.78. The van der Waals surface area contributed by atoms with E-state index in [1.165, 1.54) is 6.08 Å². The van der Waals surface area contributed by atoms with Crippen molar-refractivity contribution in [2.24, 2.45) is 11.8 Å². The lowest BCUT2D eigenvalue weighted by atomic mass is 9.95. The first-order valence-corrected chi connectivity index (χ1v) is 4.76. The topological polar surface area (TPSA) is 26.3 Å². The van der Waals surface area contributed by atoms with E-state index in [0.717, 1.165) is 12.7 Å². The molecule has 2 atom stereocenters. The molecule has 0 radical (unpaired) electrons. The van der Waals surface area contributed by atoms with Gasteiger partial charge in [-0.1, -0.05) is 26.8 Å². The molecule has 0 N–H and O–H groups in total. The fourth-order valence-corrected chi connectivity index (χ4v) is 1.33. The van der Waals surface area contributed by atoms with Gasteiger partial charge >= 0.3 is 0 Å². The van der Waals surface area contributed by atoms with Crippen LogP contribution in [-0.2, 0) is 9.53 Å². The van der Waals surface area contributed by atoms with Gasteiger partial charge in [0.2, 0.25) is 0 Å². The van der Waals surface area contributed by atoms with Gasteiger partial charge in [0.25, 0.3) is 0 Å². The molecule has 0 heterocycles. The molecule has 0 bridgehead atoms. The Morgan fingerprint density at radius 2 is 1.92 bits per heavy atom. The summed E-state index contributed by atoms with van der Waals surface area (Å²) < 4.78 is 5.35. The van der Waals surface area contributed by atoms with E-state index >= 15 is 0 Å². The summed E-state index contributed by atoms with van der Waals surface area (Å²) in [4.78, 5) is 10.1. The van der Waals surface area contributed by atoms with Crippen molar-refractivity contribution in [2.45, 2.75) is 33.3 Å². The van der Waals surface area contributed by atoms with E-state index in [2.05, 4.69) is 20.8 Å². The van der Waals surface area contributed by atoms with Crippen LogP contribution in [0.15, 0.2) is 12.2 Å². The number of hydrogen-bond donors (Lipinski definition) is 0. The number of aldehydes is 1. The highest BCUT2D eigenvalue weighted by atomic mass is 16.5. The average Bonchev–Trinajstić information content (AvgIpc) is 2.09. The van der Waals surface area contributed by atoms with E-state index in [4.69, 9.17) is 4.74 Å². The maximum Gasteiger partial charge on any atom is 0.142 e. The van der Waals surface area contributed by atoms with Crippen molar-refractivity contribution in [2.75, 3.05) is 7.11 Å². The number of rotatable bonds is 6. The van der Waals surface area contributed by atoms with Gasteiger partial charge in [-0.3, -0.25) is 4.79 Å². The number of methoxy groups -OCH3 is 1. The fourth-order valence-electron chi connectivity index (χ4n) is 1.33. The van der Waals surface area contributed by atoms with E-state index in [-0.39, 0.29) is 6.10 Å². The summed E-state index contributed by atoms with van der Waals surface area (Å²) in [5.41, 5.74) is 0. The molecule has 0 amide bonds. The highest BCUT2D eigenvalue weighted by Gasteiger charge is 2.15. The molecule has 13 heavy (non-hydrogen) atoms. The van der Waals surface area contributed by atoms with Crippen LogP contribution < -0.4 is 0 Å². The van der Waals surface area contributed by atoms with Crippen LogP contribution in [0.4, 0.5) is 0 Å². The third-order valence-electron chi connectivity index (χ3n) is 2.09. The quantitative estimate of drug-likeness (QED) is 0.468. The monoisotopic (exact) mass is 184 g/mol. The maximum absolute atomic E-state index is 10.1. The number of hydrogen-bond acceptors (Lipinski definition) is 2. The Labute approximate surface area is 81.0 Å². The maximum atomic E-state index is 10.1. The van der Waals surface area contributed by atoms with Crippen LogP contribution in [0.5, 0.6) is 0 Å². The van der Waals surface area contributed by atoms with Crippen molar-refractivity contribution < 1.29 is 9.53 Å². The van der Waals surface area contributed by atoms with Crippen LogP contribution in [0.1, 0.15) is 27.2 Å². The highest BCUT2D eigenvalue weighted by molar-refractivity contribution is 5.64. The van der Waals surface area contributed by atoms with Gasteiger partial charge in [0.1, 0.15) is 6.29 Å². The molecule has 0 spiro atoms. The van der Waals surface area contributed by atoms with Crippen molar-refractivity contribution in [3.05, 3.63) is 12.2 Å². The Balaban J connectivity index is 4.05. The van der Waals surface area contributed by atoms with Gasteiger partial charge in [0.05, 0.1) is 6.10 Å². The van der Waals surface area contributed by atoms with E-state index in [1.54, 1.807) is 7.11 Å². The molecule has 0 fully saturated rings. The third kappa shape index (κ3) is 5.58. The number of allylic oxidation sites excluding steroid dienone is 1. The molecule has 2 nitrogen and oxygen atoms in total. The Kier molecular flexibility index (Phi) is 6.51. The van der Waals surface area contributed by atoms with Gasteiger partial charge in [-0.2, -0.15) is 0 Å². The molecule has 0 aromatic carbocycles. The van der Waals surface area contributed by atoms with Crippen molar-refractivity contribution in [1.82, 2.24) is 0 Å². The molecular formula is C11H20O2. The lowest BCUT2D eigenvalue weighted by molar-refractivity contribution is -0.104. The Morgan fingerprint density at radius 3 is 2.31 bits per heavy atom. The number of carbonyl (C=O) groups excluding carboxylic acids is 1. The largest absolute Gasteiger partial charge is 0.381 e. The van der Waals surface area contributed by atoms with E-state index in [1.807, 2.05) is 6.08 Å². The predicted molar refractivity (Wildman–Crippen MR) is 54.6 cm³/mol. The summed E-state index contributed by atoms with van der Waals surface area (Å²) in [6.45, 7) is 6.40. The summed E-state index contributed by atoms with van der Waals surface area (Å²) in [6.07, 6.45) is 5.48. The molecular weight excluding hydrogens is 164 g/mol. The first-order valence-electron chi connectivity index (χ1n) is 4.76. The minimum absolute atomic E-state index is 0.219. The zero-order valence-corrected chi connectivity index (χ0v) is 8.99. The Bertz CT molecular complexity index is 161. The minimum atomic E-state index is 0.219. The van der Waals surface area contributed by atoms with Gasteiger partial charge in [-0.15, -0.1) is 0 Å². The van der Waals surface area contributed by atoms with Crippen molar-refractivity contribution in [3.8, 4) is 0 Å². The second kappa shape index (κ2) is 6.84. The smallest absolute Gasteiger partial charge is 0.142 e. The van der Waals surface area contributed by atoms with E-state index in [9.17, 15) is 4.79 Å². The molecule has 0 rings (SSSR count). The molecule has 0 saturated heterocycles. The SMILES string of the molecule is COC(CC(C)C)C(C)/C=C/C=O. The lowest BCUT2D eigenvalue weighted by Gasteiger charge is -2.21. The van der Waals surface area contributed by atoms with Crippen LogP contribution in [-0.4, -0.2) is 19.5 Å². The van der Waals surface area contributed by atoms with E-state index < -0.39 is 0 Å². The summed E-state index contributed by atoms with van der Waals surface area (Å²) >= 11 is 0. The van der Waals surface area contributed by atoms with Crippen LogP contribution in [0.3, 0.4) is 0 Å². The summed E-state index contributed by atoms with van der Waals surface area (Å²) in [7, 11) is 1.72. The number of carbonyl (C=O) groups is 1. The van der Waals surface area contributed by atoms with E-state index in [0.29, 0.717) is 11.8 Å². The van der Waals surface area contributed by atoms with Crippen molar-refractivity contribution in [3.63, 3.8) is 0 Å². The standard InChI is InChI=1S/C11H20O2/c1-9(2)8-11(13-4)10(3)6-5-7-12/h5-7,9-11H,8H2,1-4H3/b6-5+. The molecule has 0 aliphatic carbocycles. The van der Waals surface area contributed by atoms with Crippen molar-refractivity contribution in [1.29, 1.82) is 0 Å². The van der Waals surface area contributed by atoms with Gasteiger partial charge in [-0.05, 0) is 18.4 Å².